The number of hydrogen-bond acceptors (Lipinski definition) is 6. The van der Waals surface area contributed by atoms with Crippen molar-refractivity contribution in [1.29, 1.82) is 0 Å². The van der Waals surface area contributed by atoms with Gasteiger partial charge in [-0.2, -0.15) is 16.9 Å². The van der Waals surface area contributed by atoms with Crippen molar-refractivity contribution < 1.29 is 19.1 Å². The van der Waals surface area contributed by atoms with E-state index in [1.165, 1.54) is 14.2 Å². The molecule has 128 valence electrons. The monoisotopic (exact) mass is 340 g/mol. The zero-order chi connectivity index (χ0) is 17.0. The molecule has 0 fully saturated rings. The molecule has 0 bridgehead atoms. The van der Waals surface area contributed by atoms with Gasteiger partial charge in [0.05, 0.1) is 31.5 Å². The normalized spacial score (nSPS) is 16.3. The van der Waals surface area contributed by atoms with Crippen molar-refractivity contribution in [1.82, 2.24) is 9.78 Å². The molecular weight excluding hydrogens is 316 g/mol. The quantitative estimate of drug-likeness (QED) is 0.741. The Morgan fingerprint density at radius 3 is 2.65 bits per heavy atom. The Morgan fingerprint density at radius 1 is 1.26 bits per heavy atom. The molecule has 2 unspecified atom stereocenters. The van der Waals surface area contributed by atoms with Crippen molar-refractivity contribution in [3.63, 3.8) is 0 Å². The Balaban J connectivity index is 2.15. The van der Waals surface area contributed by atoms with Crippen LogP contribution in [0.4, 0.5) is 0 Å². The SMILES string of the molecule is COC(=O)c1c(CSC(C)C(C)C(=O)OC)nn2c1CCCC2. The van der Waals surface area contributed by atoms with Crippen LogP contribution < -0.4 is 0 Å². The van der Waals surface area contributed by atoms with Gasteiger partial charge in [-0.25, -0.2) is 4.79 Å². The second-order valence-electron chi connectivity index (χ2n) is 5.77. The third kappa shape index (κ3) is 3.88. The predicted octanol–water partition coefficient (Wildman–Crippen LogP) is 2.44. The Morgan fingerprint density at radius 2 is 2.00 bits per heavy atom. The van der Waals surface area contributed by atoms with E-state index in [2.05, 4.69) is 5.10 Å². The summed E-state index contributed by atoms with van der Waals surface area (Å²) in [4.78, 5) is 23.8. The molecule has 2 heterocycles. The minimum absolute atomic E-state index is 0.0756. The standard InChI is InChI=1S/C16H24N2O4S/c1-10(15(19)21-3)11(2)23-9-12-14(16(20)22-4)13-7-5-6-8-18(13)17-12/h10-11H,5-9H2,1-4H3. The highest BCUT2D eigenvalue weighted by atomic mass is 32.2. The molecule has 0 aliphatic carbocycles. The predicted molar refractivity (Wildman–Crippen MR) is 88.4 cm³/mol. The van der Waals surface area contributed by atoms with E-state index < -0.39 is 0 Å². The highest BCUT2D eigenvalue weighted by molar-refractivity contribution is 7.99. The average molecular weight is 340 g/mol. The van der Waals surface area contributed by atoms with Crippen LogP contribution in [0.3, 0.4) is 0 Å². The van der Waals surface area contributed by atoms with E-state index in [9.17, 15) is 9.59 Å². The number of thioether (sulfide) groups is 1. The minimum Gasteiger partial charge on any atom is -0.469 e. The minimum atomic E-state index is -0.322. The second-order valence-corrected chi connectivity index (χ2v) is 7.13. The van der Waals surface area contributed by atoms with Crippen molar-refractivity contribution >= 4 is 23.7 Å². The van der Waals surface area contributed by atoms with Gasteiger partial charge in [0.2, 0.25) is 0 Å². The first kappa shape index (κ1) is 17.8. The molecule has 1 aromatic rings. The number of methoxy groups -OCH3 is 2. The van der Waals surface area contributed by atoms with Crippen LogP contribution in [-0.4, -0.2) is 41.2 Å². The molecule has 1 aromatic heterocycles. The first-order valence-electron chi connectivity index (χ1n) is 7.85. The van der Waals surface area contributed by atoms with Gasteiger partial charge in [-0.3, -0.25) is 9.48 Å². The van der Waals surface area contributed by atoms with Crippen LogP contribution in [0.25, 0.3) is 0 Å². The number of nitrogens with zero attached hydrogens (tertiary/aromatic N) is 2. The third-order valence-corrected chi connectivity index (χ3v) is 5.69. The van der Waals surface area contributed by atoms with E-state index in [4.69, 9.17) is 9.47 Å². The lowest BCUT2D eigenvalue weighted by Crippen LogP contribution is -2.22. The Bertz CT molecular complexity index is 585. The van der Waals surface area contributed by atoms with Gasteiger partial charge in [0, 0.05) is 17.5 Å². The van der Waals surface area contributed by atoms with E-state index in [1.807, 2.05) is 18.5 Å². The third-order valence-electron chi connectivity index (χ3n) is 4.31. The van der Waals surface area contributed by atoms with Crippen LogP contribution in [0.15, 0.2) is 0 Å². The Labute approximate surface area is 140 Å². The Kier molecular flexibility index (Phi) is 6.10. The number of esters is 2. The summed E-state index contributed by atoms with van der Waals surface area (Å²) in [5.41, 5.74) is 2.34. The van der Waals surface area contributed by atoms with E-state index in [1.54, 1.807) is 11.8 Å². The van der Waals surface area contributed by atoms with Gasteiger partial charge in [0.15, 0.2) is 0 Å². The highest BCUT2D eigenvalue weighted by Gasteiger charge is 2.27. The van der Waals surface area contributed by atoms with Crippen LogP contribution >= 0.6 is 11.8 Å². The lowest BCUT2D eigenvalue weighted by atomic mass is 10.1. The fourth-order valence-electron chi connectivity index (χ4n) is 2.72. The van der Waals surface area contributed by atoms with E-state index in [0.29, 0.717) is 11.3 Å². The van der Waals surface area contributed by atoms with Crippen LogP contribution in [-0.2, 0) is 33.0 Å². The highest BCUT2D eigenvalue weighted by Crippen LogP contribution is 2.29. The fraction of sp³-hybridized carbons (Fsp3) is 0.688. The summed E-state index contributed by atoms with van der Waals surface area (Å²) in [7, 11) is 2.79. The van der Waals surface area contributed by atoms with Crippen molar-refractivity contribution in [3.8, 4) is 0 Å². The first-order valence-corrected chi connectivity index (χ1v) is 8.90. The van der Waals surface area contributed by atoms with Gasteiger partial charge >= 0.3 is 11.9 Å². The summed E-state index contributed by atoms with van der Waals surface area (Å²) >= 11 is 1.60. The number of rotatable bonds is 6. The van der Waals surface area contributed by atoms with Gasteiger partial charge in [0.25, 0.3) is 0 Å². The molecule has 0 spiro atoms. The zero-order valence-corrected chi connectivity index (χ0v) is 14.9. The van der Waals surface area contributed by atoms with Crippen molar-refractivity contribution in [2.24, 2.45) is 5.92 Å². The van der Waals surface area contributed by atoms with Crippen LogP contribution in [0.5, 0.6) is 0 Å². The largest absolute Gasteiger partial charge is 0.469 e. The Hall–Kier alpha value is -1.50. The van der Waals surface area contributed by atoms with Crippen molar-refractivity contribution in [2.75, 3.05) is 14.2 Å². The van der Waals surface area contributed by atoms with E-state index >= 15 is 0 Å². The number of fused-ring (bicyclic) bond motifs is 1. The maximum Gasteiger partial charge on any atom is 0.341 e. The molecule has 0 aromatic carbocycles. The van der Waals surface area contributed by atoms with Crippen LogP contribution in [0.1, 0.15) is 48.4 Å². The van der Waals surface area contributed by atoms with Crippen LogP contribution in [0, 0.1) is 5.92 Å². The summed E-state index contributed by atoms with van der Waals surface area (Å²) in [5, 5.41) is 4.67. The number of aryl methyl sites for hydroxylation is 1. The molecule has 0 radical (unpaired) electrons. The summed E-state index contributed by atoms with van der Waals surface area (Å²) in [6.45, 7) is 4.68. The van der Waals surface area contributed by atoms with Crippen LogP contribution in [0.2, 0.25) is 0 Å². The number of carbonyl (C=O) groups is 2. The molecular formula is C16H24N2O4S. The lowest BCUT2D eigenvalue weighted by Gasteiger charge is -2.16. The maximum atomic E-state index is 12.1. The maximum absolute atomic E-state index is 12.1. The zero-order valence-electron chi connectivity index (χ0n) is 14.1. The van der Waals surface area contributed by atoms with E-state index in [-0.39, 0.29) is 23.1 Å². The summed E-state index contributed by atoms with van der Waals surface area (Å²) in [5.74, 6) is -0.170. The molecule has 0 saturated heterocycles. The lowest BCUT2D eigenvalue weighted by molar-refractivity contribution is -0.144. The van der Waals surface area contributed by atoms with Gasteiger partial charge < -0.3 is 9.47 Å². The topological polar surface area (TPSA) is 70.4 Å². The number of ether oxygens (including phenoxy) is 2. The number of hydrogen-bond donors (Lipinski definition) is 0. The fourth-order valence-corrected chi connectivity index (χ4v) is 3.74. The van der Waals surface area contributed by atoms with Crippen molar-refractivity contribution in [3.05, 3.63) is 17.0 Å². The second kappa shape index (κ2) is 7.86. The molecule has 1 aliphatic rings. The summed E-state index contributed by atoms with van der Waals surface area (Å²) < 4.78 is 11.7. The summed E-state index contributed by atoms with van der Waals surface area (Å²) in [6.07, 6.45) is 3.01. The molecule has 0 amide bonds. The van der Waals surface area contributed by atoms with Gasteiger partial charge in [0.1, 0.15) is 5.56 Å². The molecule has 7 heteroatoms. The first-order chi connectivity index (χ1) is 11.0. The number of carbonyl (C=O) groups excluding carboxylic acids is 2. The van der Waals surface area contributed by atoms with E-state index in [0.717, 1.165) is 37.2 Å². The molecule has 2 atom stereocenters. The van der Waals surface area contributed by atoms with Gasteiger partial charge in [-0.1, -0.05) is 13.8 Å². The number of aromatic nitrogens is 2. The molecule has 0 saturated carbocycles. The van der Waals surface area contributed by atoms with Crippen molar-refractivity contribution in [2.45, 2.75) is 50.7 Å². The summed E-state index contributed by atoms with van der Waals surface area (Å²) in [6, 6.07) is 0. The average Bonchev–Trinajstić information content (AvgIpc) is 2.95. The molecule has 23 heavy (non-hydrogen) atoms. The molecule has 0 N–H and O–H groups in total. The smallest absolute Gasteiger partial charge is 0.341 e. The molecule has 6 nitrogen and oxygen atoms in total. The van der Waals surface area contributed by atoms with Gasteiger partial charge in [-0.15, -0.1) is 0 Å². The molecule has 2 rings (SSSR count). The van der Waals surface area contributed by atoms with Gasteiger partial charge in [-0.05, 0) is 19.3 Å². The molecule has 1 aliphatic heterocycles.